The molecule has 1 fully saturated rings. The van der Waals surface area contributed by atoms with Gasteiger partial charge in [0.15, 0.2) is 0 Å². The summed E-state index contributed by atoms with van der Waals surface area (Å²) in [5, 5.41) is 0. The van der Waals surface area contributed by atoms with Crippen molar-refractivity contribution in [2.75, 3.05) is 30.5 Å². The van der Waals surface area contributed by atoms with Crippen LogP contribution in [-0.4, -0.2) is 19.9 Å². The highest BCUT2D eigenvalue weighted by Crippen LogP contribution is 2.34. The standard InChI is InChI=1S/C10H11F3N2O/c11-10(12,13)7-1-2-8(14)9(5-7)15-3-4-16-6-15/h1-2,5H,3-4,6,14H2. The fourth-order valence-corrected chi connectivity index (χ4v) is 1.60. The van der Waals surface area contributed by atoms with E-state index in [0.717, 1.165) is 12.1 Å². The average molecular weight is 232 g/mol. The molecule has 16 heavy (non-hydrogen) atoms. The van der Waals surface area contributed by atoms with E-state index in [0.29, 0.717) is 24.5 Å². The fourth-order valence-electron chi connectivity index (χ4n) is 1.60. The molecule has 0 unspecified atom stereocenters. The number of anilines is 2. The maximum atomic E-state index is 12.5. The Balaban J connectivity index is 2.36. The van der Waals surface area contributed by atoms with Crippen LogP contribution in [0.4, 0.5) is 24.5 Å². The van der Waals surface area contributed by atoms with E-state index in [4.69, 9.17) is 10.5 Å². The molecule has 1 saturated heterocycles. The van der Waals surface area contributed by atoms with Gasteiger partial charge in [-0.2, -0.15) is 13.2 Å². The third-order valence-electron chi connectivity index (χ3n) is 2.45. The summed E-state index contributed by atoms with van der Waals surface area (Å²) in [5.41, 5.74) is 5.67. The Bertz CT molecular complexity index is 386. The molecule has 0 amide bonds. The van der Waals surface area contributed by atoms with Crippen molar-refractivity contribution in [2.45, 2.75) is 6.18 Å². The first-order chi connectivity index (χ1) is 7.48. The summed E-state index contributed by atoms with van der Waals surface area (Å²) < 4.78 is 42.6. The summed E-state index contributed by atoms with van der Waals surface area (Å²) in [6, 6.07) is 3.32. The third kappa shape index (κ3) is 2.06. The lowest BCUT2D eigenvalue weighted by atomic mass is 10.1. The largest absolute Gasteiger partial charge is 0.416 e. The lowest BCUT2D eigenvalue weighted by Gasteiger charge is -2.19. The van der Waals surface area contributed by atoms with Gasteiger partial charge in [0.1, 0.15) is 6.73 Å². The lowest BCUT2D eigenvalue weighted by Crippen LogP contribution is -2.20. The maximum absolute atomic E-state index is 12.5. The normalized spacial score (nSPS) is 16.8. The van der Waals surface area contributed by atoms with Gasteiger partial charge in [0.2, 0.25) is 0 Å². The van der Waals surface area contributed by atoms with Crippen LogP contribution in [0.3, 0.4) is 0 Å². The number of nitrogen functional groups attached to an aromatic ring is 1. The molecular formula is C10H11F3N2O. The average Bonchev–Trinajstić information content (AvgIpc) is 2.69. The molecule has 0 aromatic heterocycles. The fraction of sp³-hybridized carbons (Fsp3) is 0.400. The molecule has 1 aromatic rings. The second-order valence-corrected chi connectivity index (χ2v) is 3.57. The first-order valence-electron chi connectivity index (χ1n) is 4.78. The third-order valence-corrected chi connectivity index (χ3v) is 2.45. The first kappa shape index (κ1) is 11.1. The molecule has 0 aliphatic carbocycles. The summed E-state index contributed by atoms with van der Waals surface area (Å²) in [6.45, 7) is 1.35. The van der Waals surface area contributed by atoms with E-state index in [1.165, 1.54) is 6.07 Å². The van der Waals surface area contributed by atoms with Crippen molar-refractivity contribution in [3.8, 4) is 0 Å². The Morgan fingerprint density at radius 2 is 2.06 bits per heavy atom. The van der Waals surface area contributed by atoms with E-state index < -0.39 is 11.7 Å². The molecule has 1 aromatic carbocycles. The number of benzene rings is 1. The van der Waals surface area contributed by atoms with Crippen LogP contribution in [0.15, 0.2) is 18.2 Å². The number of hydrogen-bond donors (Lipinski definition) is 1. The van der Waals surface area contributed by atoms with E-state index >= 15 is 0 Å². The molecule has 0 spiro atoms. The van der Waals surface area contributed by atoms with Gasteiger partial charge in [-0.1, -0.05) is 0 Å². The topological polar surface area (TPSA) is 38.5 Å². The number of ether oxygens (including phenoxy) is 1. The molecule has 1 aliphatic heterocycles. The molecule has 0 atom stereocenters. The molecule has 6 heteroatoms. The van der Waals surface area contributed by atoms with Crippen molar-refractivity contribution in [3.05, 3.63) is 23.8 Å². The molecule has 0 bridgehead atoms. The Hall–Kier alpha value is -1.43. The Kier molecular flexibility index (Phi) is 2.67. The molecule has 2 rings (SSSR count). The predicted molar refractivity (Wildman–Crippen MR) is 54.0 cm³/mol. The van der Waals surface area contributed by atoms with Gasteiger partial charge >= 0.3 is 6.18 Å². The molecule has 0 saturated carbocycles. The van der Waals surface area contributed by atoms with Gasteiger partial charge in [-0.3, -0.25) is 0 Å². The first-order valence-corrected chi connectivity index (χ1v) is 4.78. The van der Waals surface area contributed by atoms with Gasteiger partial charge in [-0.05, 0) is 18.2 Å². The molecular weight excluding hydrogens is 221 g/mol. The summed E-state index contributed by atoms with van der Waals surface area (Å²) >= 11 is 0. The number of halogens is 3. The van der Waals surface area contributed by atoms with Crippen molar-refractivity contribution < 1.29 is 17.9 Å². The summed E-state index contributed by atoms with van der Waals surface area (Å²) in [5.74, 6) is 0. The minimum absolute atomic E-state index is 0.283. The van der Waals surface area contributed by atoms with Crippen LogP contribution in [0.2, 0.25) is 0 Å². The van der Waals surface area contributed by atoms with Crippen LogP contribution in [0.5, 0.6) is 0 Å². The van der Waals surface area contributed by atoms with E-state index in [1.807, 2.05) is 0 Å². The Labute approximate surface area is 90.6 Å². The van der Waals surface area contributed by atoms with Gasteiger partial charge < -0.3 is 15.4 Å². The quantitative estimate of drug-likeness (QED) is 0.753. The molecule has 1 heterocycles. The highest BCUT2D eigenvalue weighted by atomic mass is 19.4. The van der Waals surface area contributed by atoms with Gasteiger partial charge in [-0.25, -0.2) is 0 Å². The van der Waals surface area contributed by atoms with E-state index in [2.05, 4.69) is 0 Å². The minimum atomic E-state index is -4.34. The SMILES string of the molecule is Nc1ccc(C(F)(F)F)cc1N1CCOC1. The zero-order valence-electron chi connectivity index (χ0n) is 8.42. The number of rotatable bonds is 1. The van der Waals surface area contributed by atoms with Crippen molar-refractivity contribution in [3.63, 3.8) is 0 Å². The van der Waals surface area contributed by atoms with Crippen LogP contribution in [0.1, 0.15) is 5.56 Å². The van der Waals surface area contributed by atoms with Crippen molar-refractivity contribution in [1.82, 2.24) is 0 Å². The summed E-state index contributed by atoms with van der Waals surface area (Å²) in [7, 11) is 0. The molecule has 0 radical (unpaired) electrons. The molecule has 1 aliphatic rings. The number of alkyl halides is 3. The predicted octanol–water partition coefficient (Wildman–Crippen LogP) is 2.08. The highest BCUT2D eigenvalue weighted by molar-refractivity contribution is 5.68. The van der Waals surface area contributed by atoms with Crippen molar-refractivity contribution >= 4 is 11.4 Å². The minimum Gasteiger partial charge on any atom is -0.397 e. The number of nitrogens with two attached hydrogens (primary N) is 1. The molecule has 3 nitrogen and oxygen atoms in total. The van der Waals surface area contributed by atoms with Crippen LogP contribution >= 0.6 is 0 Å². The van der Waals surface area contributed by atoms with Crippen LogP contribution in [0, 0.1) is 0 Å². The molecule has 88 valence electrons. The van der Waals surface area contributed by atoms with Crippen LogP contribution < -0.4 is 10.6 Å². The van der Waals surface area contributed by atoms with Crippen LogP contribution in [0.25, 0.3) is 0 Å². The maximum Gasteiger partial charge on any atom is 0.416 e. The van der Waals surface area contributed by atoms with Gasteiger partial charge in [0, 0.05) is 6.54 Å². The van der Waals surface area contributed by atoms with Gasteiger partial charge in [-0.15, -0.1) is 0 Å². The smallest absolute Gasteiger partial charge is 0.397 e. The van der Waals surface area contributed by atoms with Crippen molar-refractivity contribution in [1.29, 1.82) is 0 Å². The Morgan fingerprint density at radius 1 is 1.31 bits per heavy atom. The lowest BCUT2D eigenvalue weighted by molar-refractivity contribution is -0.137. The van der Waals surface area contributed by atoms with E-state index in [-0.39, 0.29) is 6.73 Å². The Morgan fingerprint density at radius 3 is 2.62 bits per heavy atom. The second-order valence-electron chi connectivity index (χ2n) is 3.57. The zero-order chi connectivity index (χ0) is 11.8. The van der Waals surface area contributed by atoms with E-state index in [1.54, 1.807) is 4.90 Å². The summed E-state index contributed by atoms with van der Waals surface area (Å²) in [6.07, 6.45) is -4.34. The second kappa shape index (κ2) is 3.86. The van der Waals surface area contributed by atoms with Gasteiger partial charge in [0.25, 0.3) is 0 Å². The van der Waals surface area contributed by atoms with Crippen LogP contribution in [-0.2, 0) is 10.9 Å². The zero-order valence-corrected chi connectivity index (χ0v) is 8.42. The van der Waals surface area contributed by atoms with E-state index in [9.17, 15) is 13.2 Å². The highest BCUT2D eigenvalue weighted by Gasteiger charge is 2.31. The summed E-state index contributed by atoms with van der Waals surface area (Å²) in [4.78, 5) is 1.69. The number of hydrogen-bond acceptors (Lipinski definition) is 3. The monoisotopic (exact) mass is 232 g/mol. The number of nitrogens with zero attached hydrogens (tertiary/aromatic N) is 1. The molecule has 2 N–H and O–H groups in total. The van der Waals surface area contributed by atoms with Crippen molar-refractivity contribution in [2.24, 2.45) is 0 Å². The van der Waals surface area contributed by atoms with Gasteiger partial charge in [0.05, 0.1) is 23.5 Å².